The highest BCUT2D eigenvalue weighted by Gasteiger charge is 2.25. The minimum absolute atomic E-state index is 0.217. The van der Waals surface area contributed by atoms with Crippen molar-refractivity contribution >= 4 is 11.3 Å². The fourth-order valence-electron chi connectivity index (χ4n) is 1.59. The zero-order valence-corrected chi connectivity index (χ0v) is 11.0. The molecule has 0 unspecified atom stereocenters. The number of hydrogen-bond acceptors (Lipinski definition) is 3. The molecule has 1 aromatic heterocycles. The molecule has 2 nitrogen and oxygen atoms in total. The van der Waals surface area contributed by atoms with Crippen LogP contribution in [0.25, 0.3) is 0 Å². The molecule has 0 aliphatic rings. The Morgan fingerprint density at radius 3 is 2.47 bits per heavy atom. The Morgan fingerprint density at radius 2 is 2.00 bits per heavy atom. The first-order chi connectivity index (χ1) is 7.01. The van der Waals surface area contributed by atoms with Crippen molar-refractivity contribution in [3.05, 3.63) is 16.1 Å². The second-order valence-corrected chi connectivity index (χ2v) is 5.53. The Kier molecular flexibility index (Phi) is 4.29. The molecule has 86 valence electrons. The molecule has 3 heteroatoms. The van der Waals surface area contributed by atoms with E-state index in [9.17, 15) is 0 Å². The van der Waals surface area contributed by atoms with Gasteiger partial charge in [-0.2, -0.15) is 0 Å². The van der Waals surface area contributed by atoms with Crippen LogP contribution in [0.3, 0.4) is 0 Å². The van der Waals surface area contributed by atoms with Crippen LogP contribution in [0, 0.1) is 5.92 Å². The number of nitrogens with zero attached hydrogens (tertiary/aromatic N) is 1. The van der Waals surface area contributed by atoms with Crippen molar-refractivity contribution < 1.29 is 0 Å². The van der Waals surface area contributed by atoms with Gasteiger partial charge in [-0.15, -0.1) is 11.3 Å². The lowest BCUT2D eigenvalue weighted by molar-refractivity contribution is 0.401. The van der Waals surface area contributed by atoms with Gasteiger partial charge < -0.3 is 5.73 Å². The molecule has 0 fully saturated rings. The maximum atomic E-state index is 6.31. The lowest BCUT2D eigenvalue weighted by atomic mass is 9.91. The zero-order valence-electron chi connectivity index (χ0n) is 10.2. The van der Waals surface area contributed by atoms with E-state index in [-0.39, 0.29) is 5.54 Å². The van der Waals surface area contributed by atoms with Gasteiger partial charge in [0.25, 0.3) is 0 Å². The van der Waals surface area contributed by atoms with Crippen LogP contribution in [0.15, 0.2) is 5.38 Å². The molecule has 1 aromatic rings. The smallest absolute Gasteiger partial charge is 0.0931 e. The highest BCUT2D eigenvalue weighted by atomic mass is 32.1. The van der Waals surface area contributed by atoms with Crippen LogP contribution in [0.4, 0.5) is 0 Å². The minimum Gasteiger partial charge on any atom is -0.320 e. The number of aromatic nitrogens is 1. The highest BCUT2D eigenvalue weighted by Crippen LogP contribution is 2.27. The molecular formula is C12H22N2S. The van der Waals surface area contributed by atoms with Crippen molar-refractivity contribution in [2.75, 3.05) is 0 Å². The first-order valence-corrected chi connectivity index (χ1v) is 6.63. The average Bonchev–Trinajstić information content (AvgIpc) is 2.64. The summed E-state index contributed by atoms with van der Waals surface area (Å²) in [6.45, 7) is 8.70. The molecular weight excluding hydrogens is 204 g/mol. The summed E-state index contributed by atoms with van der Waals surface area (Å²) in [5.74, 6) is 0.666. The summed E-state index contributed by atoms with van der Waals surface area (Å²) < 4.78 is 0. The van der Waals surface area contributed by atoms with E-state index >= 15 is 0 Å². The summed E-state index contributed by atoms with van der Waals surface area (Å²) >= 11 is 1.74. The molecule has 0 aliphatic heterocycles. The molecule has 0 bridgehead atoms. The van der Waals surface area contributed by atoms with Crippen molar-refractivity contribution in [2.45, 2.75) is 52.5 Å². The van der Waals surface area contributed by atoms with Crippen molar-refractivity contribution in [1.29, 1.82) is 0 Å². The molecule has 0 saturated heterocycles. The van der Waals surface area contributed by atoms with Gasteiger partial charge in [-0.05, 0) is 18.8 Å². The number of rotatable bonds is 5. The summed E-state index contributed by atoms with van der Waals surface area (Å²) in [4.78, 5) is 4.66. The van der Waals surface area contributed by atoms with E-state index < -0.39 is 0 Å². The summed E-state index contributed by atoms with van der Waals surface area (Å²) in [6, 6.07) is 0. The van der Waals surface area contributed by atoms with E-state index in [0.29, 0.717) is 5.92 Å². The topological polar surface area (TPSA) is 38.9 Å². The number of thiazole rings is 1. The Hall–Kier alpha value is -0.410. The lowest BCUT2D eigenvalue weighted by Gasteiger charge is -2.24. The molecule has 0 amide bonds. The lowest BCUT2D eigenvalue weighted by Crippen LogP contribution is -2.35. The zero-order chi connectivity index (χ0) is 11.5. The highest BCUT2D eigenvalue weighted by molar-refractivity contribution is 7.09. The summed E-state index contributed by atoms with van der Waals surface area (Å²) in [7, 11) is 0. The summed E-state index contributed by atoms with van der Waals surface area (Å²) in [5.41, 5.74) is 7.17. The van der Waals surface area contributed by atoms with Gasteiger partial charge in [-0.25, -0.2) is 4.98 Å². The van der Waals surface area contributed by atoms with Crippen molar-refractivity contribution in [3.63, 3.8) is 0 Å². The van der Waals surface area contributed by atoms with Gasteiger partial charge in [0.15, 0.2) is 0 Å². The third-order valence-corrected chi connectivity index (χ3v) is 3.78. The fraction of sp³-hybridized carbons (Fsp3) is 0.750. The fourth-order valence-corrected chi connectivity index (χ4v) is 2.71. The van der Waals surface area contributed by atoms with Crippen LogP contribution in [-0.4, -0.2) is 4.98 Å². The van der Waals surface area contributed by atoms with Crippen LogP contribution in [0.5, 0.6) is 0 Å². The van der Waals surface area contributed by atoms with E-state index in [2.05, 4.69) is 38.1 Å². The quantitative estimate of drug-likeness (QED) is 0.836. The molecule has 0 radical (unpaired) electrons. The molecule has 0 spiro atoms. The molecule has 0 saturated carbocycles. The molecule has 1 rings (SSSR count). The van der Waals surface area contributed by atoms with Gasteiger partial charge in [0, 0.05) is 11.8 Å². The maximum absolute atomic E-state index is 6.31. The van der Waals surface area contributed by atoms with Gasteiger partial charge in [-0.3, -0.25) is 0 Å². The van der Waals surface area contributed by atoms with Gasteiger partial charge in [0.05, 0.1) is 16.2 Å². The third-order valence-electron chi connectivity index (χ3n) is 2.91. The van der Waals surface area contributed by atoms with Crippen LogP contribution in [-0.2, 0) is 12.0 Å². The van der Waals surface area contributed by atoms with Crippen LogP contribution in [0.1, 0.15) is 51.2 Å². The monoisotopic (exact) mass is 226 g/mol. The summed E-state index contributed by atoms with van der Waals surface area (Å²) in [5, 5.41) is 3.35. The number of hydrogen-bond donors (Lipinski definition) is 1. The van der Waals surface area contributed by atoms with Gasteiger partial charge in [0.2, 0.25) is 0 Å². The largest absolute Gasteiger partial charge is 0.320 e. The van der Waals surface area contributed by atoms with E-state index in [4.69, 9.17) is 5.73 Å². The average molecular weight is 226 g/mol. The Morgan fingerprint density at radius 1 is 1.40 bits per heavy atom. The second kappa shape index (κ2) is 5.08. The Labute approximate surface area is 96.9 Å². The van der Waals surface area contributed by atoms with Gasteiger partial charge >= 0.3 is 0 Å². The first-order valence-electron chi connectivity index (χ1n) is 5.75. The van der Waals surface area contributed by atoms with Crippen LogP contribution < -0.4 is 5.73 Å². The number of nitrogens with two attached hydrogens (primary N) is 1. The normalized spacial score (nSPS) is 12.4. The predicted octanol–water partition coefficient (Wildman–Crippen LogP) is 3.32. The van der Waals surface area contributed by atoms with E-state index in [1.807, 2.05) is 0 Å². The molecule has 1 heterocycles. The van der Waals surface area contributed by atoms with Crippen molar-refractivity contribution in [2.24, 2.45) is 11.7 Å². The molecule has 0 aromatic carbocycles. The second-order valence-electron chi connectivity index (χ2n) is 4.59. The Bertz CT molecular complexity index is 300. The first kappa shape index (κ1) is 12.7. The van der Waals surface area contributed by atoms with Crippen molar-refractivity contribution in [1.82, 2.24) is 4.98 Å². The molecule has 0 aliphatic carbocycles. The molecule has 15 heavy (non-hydrogen) atoms. The van der Waals surface area contributed by atoms with Gasteiger partial charge in [0.1, 0.15) is 0 Å². The minimum atomic E-state index is -0.217. The van der Waals surface area contributed by atoms with Gasteiger partial charge in [-0.1, -0.05) is 27.7 Å². The van der Waals surface area contributed by atoms with E-state index in [1.165, 1.54) is 5.01 Å². The third kappa shape index (κ3) is 3.02. The van der Waals surface area contributed by atoms with E-state index in [0.717, 1.165) is 25.0 Å². The standard InChI is InChI=1S/C12H22N2S/c1-5-12(13,6-2)10-8-15-11(14-10)7-9(3)4/h8-9H,5-7,13H2,1-4H3. The van der Waals surface area contributed by atoms with Crippen molar-refractivity contribution in [3.8, 4) is 0 Å². The molecule has 0 atom stereocenters. The van der Waals surface area contributed by atoms with E-state index in [1.54, 1.807) is 11.3 Å². The predicted molar refractivity (Wildman–Crippen MR) is 67.1 cm³/mol. The molecule has 2 N–H and O–H groups in total. The maximum Gasteiger partial charge on any atom is 0.0931 e. The Balaban J connectivity index is 2.83. The summed E-state index contributed by atoms with van der Waals surface area (Å²) in [6.07, 6.45) is 2.97. The van der Waals surface area contributed by atoms with Crippen LogP contribution in [0.2, 0.25) is 0 Å². The van der Waals surface area contributed by atoms with Crippen LogP contribution >= 0.6 is 11.3 Å². The SMILES string of the molecule is CCC(N)(CC)c1csc(CC(C)C)n1.